The largest absolute Gasteiger partial charge is 0.465 e. The Bertz CT molecular complexity index is 984. The number of hydrogen-bond donors (Lipinski definition) is 1. The highest BCUT2D eigenvalue weighted by Gasteiger charge is 2.15. The molecule has 7 heteroatoms. The lowest BCUT2D eigenvalue weighted by Gasteiger charge is -2.09. The molecule has 0 atom stereocenters. The summed E-state index contributed by atoms with van der Waals surface area (Å²) in [5.41, 5.74) is 2.89. The summed E-state index contributed by atoms with van der Waals surface area (Å²) in [6, 6.07) is 12.3. The number of benzene rings is 2. The molecule has 1 aromatic heterocycles. The summed E-state index contributed by atoms with van der Waals surface area (Å²) < 4.78 is 4.71. The fourth-order valence-corrected chi connectivity index (χ4v) is 3.31. The minimum atomic E-state index is -0.461. The summed E-state index contributed by atoms with van der Waals surface area (Å²) in [6.07, 6.45) is 0. The van der Waals surface area contributed by atoms with E-state index in [-0.39, 0.29) is 5.91 Å². The number of carbonyl (C=O) groups excluding carboxylic acids is 2. The molecule has 0 radical (unpaired) electrons. The Labute approximate surface area is 159 Å². The fourth-order valence-electron chi connectivity index (χ4n) is 2.32. The number of halogens is 1. The lowest BCUT2D eigenvalue weighted by atomic mass is 10.1. The Balaban J connectivity index is 1.82. The third kappa shape index (κ3) is 3.92. The van der Waals surface area contributed by atoms with Crippen molar-refractivity contribution >= 4 is 40.5 Å². The number of thiazole rings is 1. The van der Waals surface area contributed by atoms with Gasteiger partial charge in [0.1, 0.15) is 10.7 Å². The van der Waals surface area contributed by atoms with Gasteiger partial charge in [-0.3, -0.25) is 4.79 Å². The standard InChI is InChI=1S/C19H15ClN2O3S/c1-11-6-7-13(19(24)25-2)9-15(11)21-17(23)16-10-26-18(22-16)12-4-3-5-14(20)8-12/h3-10H,1-2H3,(H,21,23). The number of amides is 1. The second kappa shape index (κ2) is 7.68. The van der Waals surface area contributed by atoms with Crippen LogP contribution in [0.25, 0.3) is 10.6 Å². The molecule has 0 unspecified atom stereocenters. The summed E-state index contributed by atoms with van der Waals surface area (Å²) >= 11 is 7.36. The lowest BCUT2D eigenvalue weighted by molar-refractivity contribution is 0.0600. The van der Waals surface area contributed by atoms with Gasteiger partial charge in [-0.05, 0) is 36.8 Å². The third-order valence-electron chi connectivity index (χ3n) is 3.72. The van der Waals surface area contributed by atoms with Crippen LogP contribution in [0.1, 0.15) is 26.4 Å². The van der Waals surface area contributed by atoms with Crippen molar-refractivity contribution in [2.24, 2.45) is 0 Å². The summed E-state index contributed by atoms with van der Waals surface area (Å²) in [5.74, 6) is -0.808. The molecule has 3 rings (SSSR count). The number of aryl methyl sites for hydroxylation is 1. The van der Waals surface area contributed by atoms with Crippen LogP contribution in [0.15, 0.2) is 47.8 Å². The van der Waals surface area contributed by atoms with E-state index in [1.54, 1.807) is 35.7 Å². The van der Waals surface area contributed by atoms with Crippen LogP contribution in [0.5, 0.6) is 0 Å². The van der Waals surface area contributed by atoms with E-state index in [9.17, 15) is 9.59 Å². The maximum Gasteiger partial charge on any atom is 0.337 e. The lowest BCUT2D eigenvalue weighted by Crippen LogP contribution is -2.14. The van der Waals surface area contributed by atoms with Crippen LogP contribution in [0.2, 0.25) is 5.02 Å². The number of nitrogens with one attached hydrogen (secondary N) is 1. The van der Waals surface area contributed by atoms with Crippen molar-refractivity contribution in [2.75, 3.05) is 12.4 Å². The van der Waals surface area contributed by atoms with Crippen molar-refractivity contribution in [3.63, 3.8) is 0 Å². The Morgan fingerprint density at radius 3 is 2.73 bits per heavy atom. The molecule has 0 aliphatic heterocycles. The first kappa shape index (κ1) is 18.1. The number of nitrogens with zero attached hydrogens (tertiary/aromatic N) is 1. The smallest absolute Gasteiger partial charge is 0.337 e. The summed E-state index contributed by atoms with van der Waals surface area (Å²) in [4.78, 5) is 28.6. The van der Waals surface area contributed by atoms with E-state index in [2.05, 4.69) is 10.3 Å². The van der Waals surface area contributed by atoms with Crippen LogP contribution in [0.4, 0.5) is 5.69 Å². The predicted octanol–water partition coefficient (Wildman–Crippen LogP) is 4.81. The van der Waals surface area contributed by atoms with Gasteiger partial charge in [-0.25, -0.2) is 9.78 Å². The Hall–Kier alpha value is -2.70. The van der Waals surface area contributed by atoms with Crippen LogP contribution < -0.4 is 5.32 Å². The van der Waals surface area contributed by atoms with Crippen molar-refractivity contribution in [3.05, 3.63) is 69.7 Å². The van der Waals surface area contributed by atoms with Crippen LogP contribution in [0, 0.1) is 6.92 Å². The number of esters is 1. The van der Waals surface area contributed by atoms with E-state index in [0.717, 1.165) is 11.1 Å². The Kier molecular flexibility index (Phi) is 5.35. The predicted molar refractivity (Wildman–Crippen MR) is 103 cm³/mol. The molecule has 1 heterocycles. The first-order valence-corrected chi connectivity index (χ1v) is 8.95. The van der Waals surface area contributed by atoms with Gasteiger partial charge in [0.05, 0.1) is 12.7 Å². The van der Waals surface area contributed by atoms with Gasteiger partial charge in [-0.2, -0.15) is 0 Å². The quantitative estimate of drug-likeness (QED) is 0.653. The van der Waals surface area contributed by atoms with Gasteiger partial charge in [-0.1, -0.05) is 29.8 Å². The zero-order valence-electron chi connectivity index (χ0n) is 14.1. The maximum absolute atomic E-state index is 12.5. The number of methoxy groups -OCH3 is 1. The van der Waals surface area contributed by atoms with Crippen LogP contribution in [0.3, 0.4) is 0 Å². The van der Waals surface area contributed by atoms with Crippen molar-refractivity contribution in [2.45, 2.75) is 6.92 Å². The SMILES string of the molecule is COC(=O)c1ccc(C)c(NC(=O)c2csc(-c3cccc(Cl)c3)n2)c1. The van der Waals surface area contributed by atoms with E-state index in [1.807, 2.05) is 19.1 Å². The van der Waals surface area contributed by atoms with Gasteiger partial charge >= 0.3 is 5.97 Å². The number of rotatable bonds is 4. The van der Waals surface area contributed by atoms with Crippen LogP contribution >= 0.6 is 22.9 Å². The number of aromatic nitrogens is 1. The molecule has 0 bridgehead atoms. The molecule has 2 aromatic carbocycles. The second-order valence-electron chi connectivity index (χ2n) is 5.52. The number of anilines is 1. The van der Waals surface area contributed by atoms with Crippen molar-refractivity contribution < 1.29 is 14.3 Å². The molecular weight excluding hydrogens is 372 g/mol. The normalized spacial score (nSPS) is 10.4. The van der Waals surface area contributed by atoms with Crippen LogP contribution in [-0.4, -0.2) is 24.0 Å². The molecule has 0 aliphatic rings. The number of hydrogen-bond acceptors (Lipinski definition) is 5. The Morgan fingerprint density at radius 2 is 2.00 bits per heavy atom. The molecule has 1 N–H and O–H groups in total. The Morgan fingerprint density at radius 1 is 1.19 bits per heavy atom. The molecule has 132 valence electrons. The van der Waals surface area contributed by atoms with Gasteiger partial charge in [0.25, 0.3) is 5.91 Å². The fraction of sp³-hybridized carbons (Fsp3) is 0.105. The first-order valence-electron chi connectivity index (χ1n) is 7.69. The molecule has 3 aromatic rings. The molecule has 0 saturated carbocycles. The van der Waals surface area contributed by atoms with Crippen molar-refractivity contribution in [1.29, 1.82) is 0 Å². The van der Waals surface area contributed by atoms with Gasteiger partial charge in [0.2, 0.25) is 0 Å². The highest BCUT2D eigenvalue weighted by molar-refractivity contribution is 7.13. The third-order valence-corrected chi connectivity index (χ3v) is 4.84. The van der Waals surface area contributed by atoms with E-state index in [1.165, 1.54) is 18.4 Å². The summed E-state index contributed by atoms with van der Waals surface area (Å²) in [7, 11) is 1.31. The topological polar surface area (TPSA) is 68.3 Å². The molecule has 0 spiro atoms. The molecule has 0 saturated heterocycles. The minimum Gasteiger partial charge on any atom is -0.465 e. The van der Waals surface area contributed by atoms with Gasteiger partial charge < -0.3 is 10.1 Å². The number of ether oxygens (including phenoxy) is 1. The maximum atomic E-state index is 12.5. The van der Waals surface area contributed by atoms with Crippen molar-refractivity contribution in [1.82, 2.24) is 4.98 Å². The van der Waals surface area contributed by atoms with Gasteiger partial charge in [0, 0.05) is 21.7 Å². The van der Waals surface area contributed by atoms with Crippen molar-refractivity contribution in [3.8, 4) is 10.6 Å². The molecule has 1 amide bonds. The first-order chi connectivity index (χ1) is 12.5. The summed E-state index contributed by atoms with van der Waals surface area (Å²) in [5, 5.41) is 5.80. The molecule has 0 aliphatic carbocycles. The zero-order valence-corrected chi connectivity index (χ0v) is 15.6. The monoisotopic (exact) mass is 386 g/mol. The molecule has 0 fully saturated rings. The molecule has 5 nitrogen and oxygen atoms in total. The van der Waals surface area contributed by atoms with E-state index >= 15 is 0 Å². The summed E-state index contributed by atoms with van der Waals surface area (Å²) in [6.45, 7) is 1.84. The van der Waals surface area contributed by atoms with E-state index in [0.29, 0.717) is 27.0 Å². The highest BCUT2D eigenvalue weighted by Crippen LogP contribution is 2.26. The molecular formula is C19H15ClN2O3S. The van der Waals surface area contributed by atoms with Crippen LogP contribution in [-0.2, 0) is 4.74 Å². The van der Waals surface area contributed by atoms with Gasteiger partial charge in [0.15, 0.2) is 0 Å². The second-order valence-corrected chi connectivity index (χ2v) is 6.82. The molecule has 26 heavy (non-hydrogen) atoms. The average molecular weight is 387 g/mol. The minimum absolute atomic E-state index is 0.299. The average Bonchev–Trinajstić information content (AvgIpc) is 3.13. The number of carbonyl (C=O) groups is 2. The van der Waals surface area contributed by atoms with Gasteiger partial charge in [-0.15, -0.1) is 11.3 Å². The van der Waals surface area contributed by atoms with E-state index in [4.69, 9.17) is 16.3 Å². The zero-order chi connectivity index (χ0) is 18.7. The van der Waals surface area contributed by atoms with E-state index < -0.39 is 5.97 Å². The highest BCUT2D eigenvalue weighted by atomic mass is 35.5.